The van der Waals surface area contributed by atoms with E-state index in [1.807, 2.05) is 23.8 Å². The van der Waals surface area contributed by atoms with Crippen molar-refractivity contribution in [1.29, 1.82) is 0 Å². The number of thiophene rings is 1. The van der Waals surface area contributed by atoms with Gasteiger partial charge in [0.15, 0.2) is 0 Å². The highest BCUT2D eigenvalue weighted by Crippen LogP contribution is 2.20. The average molecular weight is 196 g/mol. The largest absolute Gasteiger partial charge is 0.466 e. The predicted octanol–water partition coefficient (Wildman–Crippen LogP) is 2.71. The predicted molar refractivity (Wildman–Crippen MR) is 54.6 cm³/mol. The Bertz CT molecular complexity index is 323. The molecule has 0 amide bonds. The summed E-state index contributed by atoms with van der Waals surface area (Å²) in [6.45, 7) is 3.70. The number of methoxy groups -OCH3 is 1. The molecule has 3 heteroatoms. The molecular weight excluding hydrogens is 184 g/mol. The molecule has 70 valence electrons. The van der Waals surface area contributed by atoms with Gasteiger partial charge in [0.2, 0.25) is 0 Å². The summed E-state index contributed by atoms with van der Waals surface area (Å²) in [4.78, 5) is 11.2. The number of carbonyl (C=O) groups excluding carboxylic acids is 1. The molecule has 0 aliphatic rings. The van der Waals surface area contributed by atoms with E-state index < -0.39 is 0 Å². The second-order valence-corrected chi connectivity index (χ2v) is 3.53. The lowest BCUT2D eigenvalue weighted by Gasteiger charge is -2.03. The highest BCUT2D eigenvalue weighted by atomic mass is 32.1. The number of carbonyl (C=O) groups is 1. The molecule has 1 heterocycles. The molecule has 0 unspecified atom stereocenters. The molecule has 0 atom stereocenters. The highest BCUT2D eigenvalue weighted by Gasteiger charge is 2.08. The summed E-state index contributed by atoms with van der Waals surface area (Å²) in [5.41, 5.74) is 2.74. The van der Waals surface area contributed by atoms with E-state index in [0.717, 1.165) is 11.1 Å². The molecule has 0 aliphatic carbocycles. The monoisotopic (exact) mass is 196 g/mol. The standard InChI is InChI=1S/C10H12O2S/c1-7(8(2)10(11)12-3)9-4-5-13-6-9/h4-6H,1-3H3/b8-7+. The third kappa shape index (κ3) is 2.18. The van der Waals surface area contributed by atoms with Gasteiger partial charge >= 0.3 is 5.97 Å². The molecule has 0 saturated carbocycles. The molecule has 1 rings (SSSR count). The van der Waals surface area contributed by atoms with E-state index in [-0.39, 0.29) is 5.97 Å². The molecule has 1 aromatic heterocycles. The van der Waals surface area contributed by atoms with Crippen LogP contribution >= 0.6 is 11.3 Å². The van der Waals surface area contributed by atoms with Gasteiger partial charge in [-0.3, -0.25) is 0 Å². The maximum absolute atomic E-state index is 11.2. The third-order valence-electron chi connectivity index (χ3n) is 2.01. The van der Waals surface area contributed by atoms with Crippen molar-refractivity contribution >= 4 is 22.9 Å². The number of rotatable bonds is 2. The molecule has 0 N–H and O–H groups in total. The molecule has 2 nitrogen and oxygen atoms in total. The van der Waals surface area contributed by atoms with E-state index in [1.54, 1.807) is 18.3 Å². The lowest BCUT2D eigenvalue weighted by molar-refractivity contribution is -0.135. The molecule has 0 aromatic carbocycles. The van der Waals surface area contributed by atoms with E-state index in [1.165, 1.54) is 7.11 Å². The van der Waals surface area contributed by atoms with E-state index in [9.17, 15) is 4.79 Å². The van der Waals surface area contributed by atoms with Crippen LogP contribution in [0, 0.1) is 0 Å². The Morgan fingerprint density at radius 2 is 2.15 bits per heavy atom. The lowest BCUT2D eigenvalue weighted by Crippen LogP contribution is -2.03. The second kappa shape index (κ2) is 4.23. The van der Waals surface area contributed by atoms with Crippen LogP contribution in [0.15, 0.2) is 22.4 Å². The Kier molecular flexibility index (Phi) is 3.25. The van der Waals surface area contributed by atoms with Gasteiger partial charge in [0.05, 0.1) is 7.11 Å². The van der Waals surface area contributed by atoms with Crippen molar-refractivity contribution in [3.63, 3.8) is 0 Å². The Morgan fingerprint density at radius 1 is 1.46 bits per heavy atom. The lowest BCUT2D eigenvalue weighted by atomic mass is 10.1. The molecular formula is C10H12O2S. The van der Waals surface area contributed by atoms with Gasteiger partial charge in [0.1, 0.15) is 0 Å². The van der Waals surface area contributed by atoms with Gasteiger partial charge in [-0.05, 0) is 41.8 Å². The van der Waals surface area contributed by atoms with Gasteiger partial charge in [-0.25, -0.2) is 4.79 Å². The number of ether oxygens (including phenoxy) is 1. The van der Waals surface area contributed by atoms with Crippen LogP contribution in [0.5, 0.6) is 0 Å². The molecule has 0 saturated heterocycles. The topological polar surface area (TPSA) is 26.3 Å². The summed E-state index contributed by atoms with van der Waals surface area (Å²) in [6, 6.07) is 1.99. The van der Waals surface area contributed by atoms with E-state index in [4.69, 9.17) is 0 Å². The fourth-order valence-electron chi connectivity index (χ4n) is 1.00. The van der Waals surface area contributed by atoms with Crippen LogP contribution in [-0.2, 0) is 9.53 Å². The smallest absolute Gasteiger partial charge is 0.333 e. The maximum Gasteiger partial charge on any atom is 0.333 e. The summed E-state index contributed by atoms with van der Waals surface area (Å²) in [5.74, 6) is -0.260. The van der Waals surface area contributed by atoms with Crippen LogP contribution in [0.25, 0.3) is 5.57 Å². The Hall–Kier alpha value is -1.09. The molecule has 0 fully saturated rings. The van der Waals surface area contributed by atoms with Crippen LogP contribution in [0.2, 0.25) is 0 Å². The van der Waals surface area contributed by atoms with Crippen molar-refractivity contribution in [3.05, 3.63) is 28.0 Å². The zero-order valence-corrected chi connectivity index (χ0v) is 8.77. The van der Waals surface area contributed by atoms with E-state index in [2.05, 4.69) is 4.74 Å². The third-order valence-corrected chi connectivity index (χ3v) is 2.69. The van der Waals surface area contributed by atoms with E-state index >= 15 is 0 Å². The van der Waals surface area contributed by atoms with Crippen molar-refractivity contribution in [3.8, 4) is 0 Å². The minimum Gasteiger partial charge on any atom is -0.466 e. The van der Waals surface area contributed by atoms with Crippen LogP contribution in [0.3, 0.4) is 0 Å². The van der Waals surface area contributed by atoms with Gasteiger partial charge in [-0.1, -0.05) is 0 Å². The Balaban J connectivity index is 2.99. The summed E-state index contributed by atoms with van der Waals surface area (Å²) in [7, 11) is 1.40. The van der Waals surface area contributed by atoms with Gasteiger partial charge in [0.25, 0.3) is 0 Å². The van der Waals surface area contributed by atoms with Gasteiger partial charge in [-0.15, -0.1) is 0 Å². The quantitative estimate of drug-likeness (QED) is 0.537. The zero-order chi connectivity index (χ0) is 9.84. The summed E-state index contributed by atoms with van der Waals surface area (Å²) >= 11 is 1.62. The minimum absolute atomic E-state index is 0.260. The van der Waals surface area contributed by atoms with Crippen molar-refractivity contribution in [2.75, 3.05) is 7.11 Å². The van der Waals surface area contributed by atoms with Crippen LogP contribution in [0.1, 0.15) is 19.4 Å². The van der Waals surface area contributed by atoms with Crippen molar-refractivity contribution < 1.29 is 9.53 Å². The minimum atomic E-state index is -0.260. The maximum atomic E-state index is 11.2. The molecule has 13 heavy (non-hydrogen) atoms. The van der Waals surface area contributed by atoms with Crippen LogP contribution in [-0.4, -0.2) is 13.1 Å². The molecule has 0 radical (unpaired) electrons. The number of hydrogen-bond acceptors (Lipinski definition) is 3. The van der Waals surface area contributed by atoms with Crippen LogP contribution < -0.4 is 0 Å². The highest BCUT2D eigenvalue weighted by molar-refractivity contribution is 7.08. The first-order valence-corrected chi connectivity index (χ1v) is 4.89. The van der Waals surface area contributed by atoms with Gasteiger partial charge in [-0.2, -0.15) is 11.3 Å². The van der Waals surface area contributed by atoms with Crippen molar-refractivity contribution in [2.45, 2.75) is 13.8 Å². The fraction of sp³-hybridized carbons (Fsp3) is 0.300. The zero-order valence-electron chi connectivity index (χ0n) is 7.96. The Labute approximate surface area is 81.8 Å². The van der Waals surface area contributed by atoms with Crippen molar-refractivity contribution in [2.24, 2.45) is 0 Å². The fourth-order valence-corrected chi connectivity index (χ4v) is 1.71. The van der Waals surface area contributed by atoms with Gasteiger partial charge < -0.3 is 4.74 Å². The van der Waals surface area contributed by atoms with Crippen molar-refractivity contribution in [1.82, 2.24) is 0 Å². The van der Waals surface area contributed by atoms with Gasteiger partial charge in [0, 0.05) is 5.57 Å². The number of allylic oxidation sites excluding steroid dienone is 1. The molecule has 1 aromatic rings. The number of esters is 1. The molecule has 0 bridgehead atoms. The SMILES string of the molecule is COC(=O)/C(C)=C(\C)c1ccsc1. The second-order valence-electron chi connectivity index (χ2n) is 2.75. The summed E-state index contributed by atoms with van der Waals surface area (Å²) in [5, 5.41) is 4.01. The number of hydrogen-bond donors (Lipinski definition) is 0. The normalized spacial score (nSPS) is 12.2. The first kappa shape index (κ1) is 9.99. The first-order valence-electron chi connectivity index (χ1n) is 3.95. The first-order chi connectivity index (χ1) is 6.16. The Morgan fingerprint density at radius 3 is 2.62 bits per heavy atom. The average Bonchev–Trinajstić information content (AvgIpc) is 2.67. The molecule has 0 aliphatic heterocycles. The van der Waals surface area contributed by atoms with Crippen LogP contribution in [0.4, 0.5) is 0 Å². The van der Waals surface area contributed by atoms with E-state index in [0.29, 0.717) is 5.57 Å². The summed E-state index contributed by atoms with van der Waals surface area (Å²) in [6.07, 6.45) is 0. The molecule has 0 spiro atoms. The summed E-state index contributed by atoms with van der Waals surface area (Å²) < 4.78 is 4.64.